The number of aryl methyl sites for hydroxylation is 14. The molecule has 0 fully saturated rings. The lowest BCUT2D eigenvalue weighted by atomic mass is 9.65. The number of para-hydroxylation sites is 1. The van der Waals surface area contributed by atoms with E-state index in [0.717, 1.165) is 42.7 Å². The Hall–Kier alpha value is -12.6. The van der Waals surface area contributed by atoms with Crippen LogP contribution in [0.2, 0.25) is 0 Å². The van der Waals surface area contributed by atoms with Crippen LogP contribution in [0.5, 0.6) is 0 Å². The van der Waals surface area contributed by atoms with Crippen LogP contribution in [-0.2, 0) is 54.8 Å². The van der Waals surface area contributed by atoms with Crippen molar-refractivity contribution in [2.45, 2.75) is 215 Å². The number of anilines is 3. The van der Waals surface area contributed by atoms with Gasteiger partial charge < -0.3 is 9.47 Å². The zero-order valence-corrected chi connectivity index (χ0v) is 78.6. The van der Waals surface area contributed by atoms with E-state index < -0.39 is 0 Å². The molecular weight excluding hydrogens is 1550 g/mol. The van der Waals surface area contributed by atoms with Crippen molar-refractivity contribution >= 4 is 38.9 Å². The summed E-state index contributed by atoms with van der Waals surface area (Å²) in [5.74, 6) is 0. The van der Waals surface area contributed by atoms with E-state index in [9.17, 15) is 0 Å². The van der Waals surface area contributed by atoms with Crippen LogP contribution in [0.15, 0.2) is 329 Å². The highest BCUT2D eigenvalue weighted by molar-refractivity contribution is 6.11. The Morgan fingerprint density at radius 2 is 0.744 bits per heavy atom. The van der Waals surface area contributed by atoms with Crippen LogP contribution >= 0.6 is 0 Å². The van der Waals surface area contributed by atoms with Gasteiger partial charge in [-0.2, -0.15) is 0 Å². The molecule has 5 aliphatic rings. The molecule has 0 radical (unpaired) electrons. The highest BCUT2D eigenvalue weighted by Crippen LogP contribution is 2.59. The molecule has 129 heavy (non-hydrogen) atoms. The van der Waals surface area contributed by atoms with Crippen molar-refractivity contribution in [3.8, 4) is 61.3 Å². The monoisotopic (exact) mass is 1680 g/mol. The molecule has 21 rings (SSSR count). The van der Waals surface area contributed by atoms with Gasteiger partial charge in [-0.05, 0) is 349 Å². The highest BCUT2D eigenvalue weighted by atomic mass is 15.1. The van der Waals surface area contributed by atoms with E-state index in [-0.39, 0.29) is 16.2 Å². The van der Waals surface area contributed by atoms with Gasteiger partial charge >= 0.3 is 0 Å². The average Bonchev–Trinajstić information content (AvgIpc) is 1.53. The maximum atomic E-state index is 3.96. The molecule has 0 saturated carbocycles. The Bertz CT molecular complexity index is 6660. The van der Waals surface area contributed by atoms with E-state index in [0.29, 0.717) is 0 Å². The van der Waals surface area contributed by atoms with Gasteiger partial charge in [0.2, 0.25) is 0 Å². The minimum absolute atomic E-state index is 0.0889. The van der Waals surface area contributed by atoms with Gasteiger partial charge in [0, 0.05) is 44.4 Å². The molecular formula is C127H128N2. The fraction of sp³-hybridized carbons (Fsp3) is 0.260. The lowest BCUT2D eigenvalue weighted by molar-refractivity contribution is 0.454. The highest BCUT2D eigenvalue weighted by Gasteiger charge is 2.48. The third-order valence-electron chi connectivity index (χ3n) is 29.5. The van der Waals surface area contributed by atoms with Gasteiger partial charge in [0.05, 0.1) is 16.4 Å². The predicted octanol–water partition coefficient (Wildman–Crippen LogP) is 34.4. The van der Waals surface area contributed by atoms with Gasteiger partial charge in [-0.25, -0.2) is 0 Å². The molecule has 15 aromatic carbocycles. The molecule has 16 aromatic rings. The van der Waals surface area contributed by atoms with E-state index in [4.69, 9.17) is 0 Å². The van der Waals surface area contributed by atoms with Gasteiger partial charge in [0.25, 0.3) is 0 Å². The summed E-state index contributed by atoms with van der Waals surface area (Å²) in [4.78, 5) is 2.40. The zero-order valence-electron chi connectivity index (χ0n) is 78.6. The summed E-state index contributed by atoms with van der Waals surface area (Å²) in [6.45, 7) is 35.0. The summed E-state index contributed by atoms with van der Waals surface area (Å²) in [5, 5.41) is 2.53. The second kappa shape index (κ2) is 37.2. The minimum Gasteiger partial charge on any atom is -0.310 e. The van der Waals surface area contributed by atoms with Crippen molar-refractivity contribution in [1.29, 1.82) is 0 Å². The molecule has 1 aromatic heterocycles. The third kappa shape index (κ3) is 16.7. The summed E-state index contributed by atoms with van der Waals surface area (Å²) in [6, 6.07) is 115. The number of aromatic nitrogens is 1. The molecule has 0 spiro atoms. The SMILES string of the molecule is C=CCCC1(CCC=C)c2cc(C)ccc2-c2ccc(C)cc21.CCCCCCc1cc(C)c(CCCCCC)cc1C.Cc1ccc(C)c(-n2c3ccccc3c3cc(-c4ccc(N(c5ccc(-c6ccccc6)cc5)c5ccc6c(c5)C(C)(C)c5ccccc5-6)cc4)ccc32)c1.Cc1ccc2c(c1)C(c1ccc3c(c1)CC3)(c1ccc3c(c1)CC3)c1cc(C)ccc1-2. The van der Waals surface area contributed by atoms with Gasteiger partial charge in [-0.15, -0.1) is 13.2 Å². The van der Waals surface area contributed by atoms with Crippen LogP contribution in [0.4, 0.5) is 17.1 Å². The van der Waals surface area contributed by atoms with Crippen LogP contribution in [0.1, 0.15) is 227 Å². The molecule has 2 nitrogen and oxygen atoms in total. The zero-order chi connectivity index (χ0) is 89.2. The fourth-order valence-corrected chi connectivity index (χ4v) is 22.1. The first-order chi connectivity index (χ1) is 62.8. The van der Waals surface area contributed by atoms with Crippen LogP contribution < -0.4 is 4.90 Å². The molecule has 0 amide bonds. The Kier molecular flexibility index (Phi) is 25.1. The second-order valence-corrected chi connectivity index (χ2v) is 38.5. The smallest absolute Gasteiger partial charge is 0.0713 e. The van der Waals surface area contributed by atoms with Crippen molar-refractivity contribution in [3.63, 3.8) is 0 Å². The molecule has 646 valence electrons. The van der Waals surface area contributed by atoms with E-state index in [1.165, 1.54) is 284 Å². The maximum Gasteiger partial charge on any atom is 0.0713 e. The van der Waals surface area contributed by atoms with Gasteiger partial charge in [0.1, 0.15) is 0 Å². The Balaban J connectivity index is 0.000000128. The molecule has 2 heteroatoms. The van der Waals surface area contributed by atoms with Crippen molar-refractivity contribution in [2.75, 3.05) is 4.90 Å². The average molecular weight is 1680 g/mol. The number of fused-ring (bicyclic) bond motifs is 14. The van der Waals surface area contributed by atoms with Crippen molar-refractivity contribution < 1.29 is 0 Å². The first kappa shape index (κ1) is 87.1. The largest absolute Gasteiger partial charge is 0.310 e. The predicted molar refractivity (Wildman–Crippen MR) is 554 cm³/mol. The van der Waals surface area contributed by atoms with Crippen LogP contribution in [-0.4, -0.2) is 4.57 Å². The first-order valence-corrected chi connectivity index (χ1v) is 48.2. The lowest BCUT2D eigenvalue weighted by Crippen LogP contribution is -2.30. The lowest BCUT2D eigenvalue weighted by Gasteiger charge is -2.37. The molecule has 0 N–H and O–H groups in total. The molecule has 0 aliphatic heterocycles. The molecule has 0 atom stereocenters. The molecule has 0 saturated heterocycles. The van der Waals surface area contributed by atoms with E-state index in [2.05, 4.69) is 421 Å². The van der Waals surface area contributed by atoms with Gasteiger partial charge in [-0.1, -0.05) is 343 Å². The number of rotatable bonds is 24. The first-order valence-electron chi connectivity index (χ1n) is 48.2. The van der Waals surface area contributed by atoms with Crippen molar-refractivity contribution in [1.82, 2.24) is 4.57 Å². The number of hydrogen-bond acceptors (Lipinski definition) is 1. The van der Waals surface area contributed by atoms with E-state index in [1.807, 2.05) is 0 Å². The van der Waals surface area contributed by atoms with Crippen molar-refractivity contribution in [3.05, 3.63) is 451 Å². The van der Waals surface area contributed by atoms with Gasteiger partial charge in [-0.3, -0.25) is 0 Å². The molecule has 0 bridgehead atoms. The summed E-state index contributed by atoms with van der Waals surface area (Å²) < 4.78 is 2.43. The number of allylic oxidation sites excluding steroid dienone is 2. The Morgan fingerprint density at radius 1 is 0.318 bits per heavy atom. The maximum absolute atomic E-state index is 3.96. The van der Waals surface area contributed by atoms with Crippen molar-refractivity contribution in [2.24, 2.45) is 0 Å². The van der Waals surface area contributed by atoms with Gasteiger partial charge in [0.15, 0.2) is 0 Å². The van der Waals surface area contributed by atoms with Crippen LogP contribution in [0, 0.1) is 55.4 Å². The standard InChI is InChI=1S/C53H42N2.C31H26.C23H26.C20H34/c1-35-18-19-36(2)52(32-35)55-50-17-11-9-15-46(50)47-33-40(24-31-51(47)55)39-22-27-42(28-23-39)54(41-25-20-38(21-26-41)37-12-6-5-7-13-37)43-29-30-45-44-14-8-10-16-48(44)53(3,4)49(45)34-43;1-19-3-13-27-28-14-4-20(2)16-30(28)31(29(27)15-19,25-11-9-21-5-7-23(21)17-25)26-12-10-22-6-8-24(22)18-26;1-5-7-13-23(14-8-6-2)21-15-17(3)9-11-19(21)20-12-10-18(4)16-22(20)23;1-5-7-9-11-13-19-15-18(4)20(16-17(19)3)14-12-10-8-6-2/h5-34H,1-4H3;3-4,9-18H,5-8H2,1-2H3;5-6,9-12,15-16H,1-2,7-8,13-14H2,3-4H3;15-16H,5-14H2,1-4H3. The third-order valence-corrected chi connectivity index (χ3v) is 29.5. The second-order valence-electron chi connectivity index (χ2n) is 38.5. The summed E-state index contributed by atoms with van der Waals surface area (Å²) in [5.41, 5.74) is 51.7. The van der Waals surface area contributed by atoms with E-state index in [1.54, 1.807) is 11.1 Å². The number of nitrogens with zero attached hydrogens (tertiary/aromatic N) is 2. The quantitative estimate of drug-likeness (QED) is 0.0432. The van der Waals surface area contributed by atoms with E-state index >= 15 is 0 Å². The number of benzene rings is 15. The normalized spacial score (nSPS) is 13.7. The number of unbranched alkanes of at least 4 members (excludes halogenated alkanes) is 6. The Labute approximate surface area is 770 Å². The van der Waals surface area contributed by atoms with Crippen LogP contribution in [0.3, 0.4) is 0 Å². The summed E-state index contributed by atoms with van der Waals surface area (Å²) in [6.07, 6.45) is 26.7. The molecule has 1 heterocycles. The van der Waals surface area contributed by atoms with Crippen LogP contribution in [0.25, 0.3) is 83.1 Å². The Morgan fingerprint density at radius 3 is 1.26 bits per heavy atom. The topological polar surface area (TPSA) is 8.17 Å². The fourth-order valence-electron chi connectivity index (χ4n) is 22.1. The number of hydrogen-bond donors (Lipinski definition) is 0. The molecule has 5 aliphatic carbocycles. The minimum atomic E-state index is -0.238. The molecule has 0 unspecified atom stereocenters. The summed E-state index contributed by atoms with van der Waals surface area (Å²) in [7, 11) is 0. The summed E-state index contributed by atoms with van der Waals surface area (Å²) >= 11 is 0.